The average molecular weight is 177 g/mol. The Labute approximate surface area is 66.6 Å². The Balaban J connectivity index is 3.00. The molecule has 0 atom stereocenters. The number of hydrogen-bond acceptors (Lipinski definition) is 1. The number of Topliss-reactive ketones (excluding diaryl/α,β-unsaturated/α-hetero) is 1. The maximum atomic E-state index is 11.9. The molecule has 0 aliphatic rings. The first kappa shape index (κ1) is 8.83. The molecule has 0 amide bonds. The first-order chi connectivity index (χ1) is 5.41. The summed E-state index contributed by atoms with van der Waals surface area (Å²) < 4.78 is 35.8. The van der Waals surface area contributed by atoms with Crippen LogP contribution >= 0.6 is 0 Å². The minimum atomic E-state index is -4.44. The number of ketones is 1. The fourth-order valence-electron chi connectivity index (χ4n) is 0.762. The van der Waals surface area contributed by atoms with Crippen molar-refractivity contribution in [2.45, 2.75) is 13.2 Å². The third-order valence-corrected chi connectivity index (χ3v) is 1.39. The van der Waals surface area contributed by atoms with Crippen molar-refractivity contribution in [2.24, 2.45) is 0 Å². The Morgan fingerprint density at radius 3 is 2.33 bits per heavy atom. The summed E-state index contributed by atoms with van der Waals surface area (Å²) in [7, 11) is 0. The van der Waals surface area contributed by atoms with Crippen molar-refractivity contribution in [3.05, 3.63) is 24.0 Å². The molecule has 1 aromatic heterocycles. The quantitative estimate of drug-likeness (QED) is 0.602. The van der Waals surface area contributed by atoms with Crippen molar-refractivity contribution < 1.29 is 18.0 Å². The predicted molar refractivity (Wildman–Crippen MR) is 35.7 cm³/mol. The van der Waals surface area contributed by atoms with Crippen LogP contribution < -0.4 is 0 Å². The molecular formula is C7H6F3NO. The standard InChI is InChI=1S/C7H6F3NO/c1-5(12)6-2-3-11(4-6)7(8,9)10/h2-4H,1H3. The zero-order valence-electron chi connectivity index (χ0n) is 6.22. The van der Waals surface area contributed by atoms with E-state index < -0.39 is 6.30 Å². The van der Waals surface area contributed by atoms with Gasteiger partial charge in [0.25, 0.3) is 0 Å². The SMILES string of the molecule is CC(=O)c1ccn(C(F)(F)F)c1. The van der Waals surface area contributed by atoms with Gasteiger partial charge in [-0.3, -0.25) is 9.36 Å². The average Bonchev–Trinajstić information content (AvgIpc) is 2.30. The van der Waals surface area contributed by atoms with Crippen molar-refractivity contribution in [1.82, 2.24) is 4.57 Å². The van der Waals surface area contributed by atoms with Crippen LogP contribution in [0.5, 0.6) is 0 Å². The van der Waals surface area contributed by atoms with E-state index in [1.54, 1.807) is 0 Å². The number of carbonyl (C=O) groups is 1. The maximum absolute atomic E-state index is 11.9. The molecule has 12 heavy (non-hydrogen) atoms. The highest BCUT2D eigenvalue weighted by Gasteiger charge is 2.29. The van der Waals surface area contributed by atoms with E-state index in [-0.39, 0.29) is 15.9 Å². The molecule has 0 saturated carbocycles. The molecular weight excluding hydrogens is 171 g/mol. The number of alkyl halides is 3. The molecule has 0 spiro atoms. The van der Waals surface area contributed by atoms with E-state index in [4.69, 9.17) is 0 Å². The normalized spacial score (nSPS) is 11.7. The molecule has 0 unspecified atom stereocenters. The highest BCUT2D eigenvalue weighted by Crippen LogP contribution is 2.22. The molecule has 66 valence electrons. The van der Waals surface area contributed by atoms with Crippen LogP contribution in [0, 0.1) is 0 Å². The van der Waals surface area contributed by atoms with Gasteiger partial charge >= 0.3 is 6.30 Å². The van der Waals surface area contributed by atoms with E-state index in [0.29, 0.717) is 0 Å². The lowest BCUT2D eigenvalue weighted by Gasteiger charge is -2.05. The van der Waals surface area contributed by atoms with E-state index in [0.717, 1.165) is 18.5 Å². The summed E-state index contributed by atoms with van der Waals surface area (Å²) in [6.07, 6.45) is -2.85. The molecule has 1 heterocycles. The number of hydrogen-bond donors (Lipinski definition) is 0. The largest absolute Gasteiger partial charge is 0.488 e. The van der Waals surface area contributed by atoms with Gasteiger partial charge < -0.3 is 0 Å². The fourth-order valence-corrected chi connectivity index (χ4v) is 0.762. The molecule has 5 heteroatoms. The van der Waals surface area contributed by atoms with Gasteiger partial charge in [-0.25, -0.2) is 0 Å². The summed E-state index contributed by atoms with van der Waals surface area (Å²) in [5.74, 6) is -0.377. The molecule has 1 rings (SSSR count). The van der Waals surface area contributed by atoms with Gasteiger partial charge in [0, 0.05) is 18.0 Å². The number of halogens is 3. The van der Waals surface area contributed by atoms with E-state index in [2.05, 4.69) is 0 Å². The highest BCUT2D eigenvalue weighted by atomic mass is 19.4. The second-order valence-corrected chi connectivity index (χ2v) is 2.33. The van der Waals surface area contributed by atoms with Gasteiger partial charge in [-0.05, 0) is 13.0 Å². The first-order valence-corrected chi connectivity index (χ1v) is 3.17. The summed E-state index contributed by atoms with van der Waals surface area (Å²) in [5, 5.41) is 0. The summed E-state index contributed by atoms with van der Waals surface area (Å²) in [5.41, 5.74) is 0.0623. The Bertz CT molecular complexity index is 300. The molecule has 1 aromatic rings. The lowest BCUT2D eigenvalue weighted by atomic mass is 10.2. The molecule has 0 fully saturated rings. The van der Waals surface area contributed by atoms with Gasteiger partial charge in [-0.2, -0.15) is 0 Å². The monoisotopic (exact) mass is 177 g/mol. The third-order valence-electron chi connectivity index (χ3n) is 1.39. The van der Waals surface area contributed by atoms with Crippen molar-refractivity contribution >= 4 is 5.78 Å². The van der Waals surface area contributed by atoms with Gasteiger partial charge in [0.05, 0.1) is 0 Å². The summed E-state index contributed by atoms with van der Waals surface area (Å²) in [6.45, 7) is 1.22. The van der Waals surface area contributed by atoms with Crippen molar-refractivity contribution in [2.75, 3.05) is 0 Å². The second-order valence-electron chi connectivity index (χ2n) is 2.33. The zero-order valence-corrected chi connectivity index (χ0v) is 6.22. The van der Waals surface area contributed by atoms with Crippen LogP contribution in [-0.4, -0.2) is 10.4 Å². The molecule has 0 aliphatic carbocycles. The van der Waals surface area contributed by atoms with Gasteiger partial charge in [-0.1, -0.05) is 0 Å². The molecule has 0 saturated heterocycles. The van der Waals surface area contributed by atoms with Crippen molar-refractivity contribution in [1.29, 1.82) is 0 Å². The van der Waals surface area contributed by atoms with Crippen LogP contribution in [0.2, 0.25) is 0 Å². The maximum Gasteiger partial charge on any atom is 0.488 e. The van der Waals surface area contributed by atoms with E-state index in [1.807, 2.05) is 0 Å². The lowest BCUT2D eigenvalue weighted by molar-refractivity contribution is -0.203. The van der Waals surface area contributed by atoms with E-state index in [9.17, 15) is 18.0 Å². The Morgan fingerprint density at radius 2 is 2.08 bits per heavy atom. The van der Waals surface area contributed by atoms with Crippen LogP contribution in [-0.2, 0) is 6.30 Å². The van der Waals surface area contributed by atoms with E-state index >= 15 is 0 Å². The Morgan fingerprint density at radius 1 is 1.50 bits per heavy atom. The van der Waals surface area contributed by atoms with Gasteiger partial charge in [-0.15, -0.1) is 13.2 Å². The first-order valence-electron chi connectivity index (χ1n) is 3.17. The van der Waals surface area contributed by atoms with Gasteiger partial charge in [0.15, 0.2) is 5.78 Å². The number of carbonyl (C=O) groups excluding carboxylic acids is 1. The summed E-state index contributed by atoms with van der Waals surface area (Å²) >= 11 is 0. The van der Waals surface area contributed by atoms with E-state index in [1.165, 1.54) is 6.92 Å². The van der Waals surface area contributed by atoms with Crippen LogP contribution in [0.3, 0.4) is 0 Å². The van der Waals surface area contributed by atoms with Gasteiger partial charge in [0.2, 0.25) is 0 Å². The Hall–Kier alpha value is -1.26. The van der Waals surface area contributed by atoms with Crippen LogP contribution in [0.25, 0.3) is 0 Å². The molecule has 2 nitrogen and oxygen atoms in total. The molecule has 0 bridgehead atoms. The van der Waals surface area contributed by atoms with Crippen molar-refractivity contribution in [3.8, 4) is 0 Å². The van der Waals surface area contributed by atoms with Crippen LogP contribution in [0.15, 0.2) is 18.5 Å². The smallest absolute Gasteiger partial charge is 0.294 e. The number of aromatic nitrogens is 1. The second kappa shape index (κ2) is 2.66. The highest BCUT2D eigenvalue weighted by molar-refractivity contribution is 5.93. The minimum absolute atomic E-state index is 0.0454. The lowest BCUT2D eigenvalue weighted by Crippen LogP contribution is -2.14. The van der Waals surface area contributed by atoms with Crippen LogP contribution in [0.4, 0.5) is 13.2 Å². The predicted octanol–water partition coefficient (Wildman–Crippen LogP) is 2.17. The molecule has 0 aromatic carbocycles. The third kappa shape index (κ3) is 1.66. The molecule has 0 aliphatic heterocycles. The number of rotatable bonds is 1. The fraction of sp³-hybridized carbons (Fsp3) is 0.286. The summed E-state index contributed by atoms with van der Waals surface area (Å²) in [6, 6.07) is 1.13. The topological polar surface area (TPSA) is 22.0 Å². The molecule has 0 N–H and O–H groups in total. The Kier molecular flexibility index (Phi) is 1.95. The minimum Gasteiger partial charge on any atom is -0.294 e. The number of nitrogens with zero attached hydrogens (tertiary/aromatic N) is 1. The van der Waals surface area contributed by atoms with Crippen LogP contribution in [0.1, 0.15) is 17.3 Å². The van der Waals surface area contributed by atoms with Gasteiger partial charge in [0.1, 0.15) is 0 Å². The summed E-state index contributed by atoms with van der Waals surface area (Å²) in [4.78, 5) is 10.6. The molecule has 0 radical (unpaired) electrons. The zero-order chi connectivity index (χ0) is 9.35. The van der Waals surface area contributed by atoms with Crippen molar-refractivity contribution in [3.63, 3.8) is 0 Å².